The first-order chi connectivity index (χ1) is 29.2. The van der Waals surface area contributed by atoms with E-state index in [4.69, 9.17) is 12.8 Å². The summed E-state index contributed by atoms with van der Waals surface area (Å²) in [4.78, 5) is 0. The van der Waals surface area contributed by atoms with Crippen molar-refractivity contribution < 1.29 is 44.8 Å². The van der Waals surface area contributed by atoms with Gasteiger partial charge in [0, 0.05) is 0 Å². The first-order valence-corrected chi connectivity index (χ1v) is 23.2. The molecule has 0 radical (unpaired) electrons. The predicted octanol–water partition coefficient (Wildman–Crippen LogP) is 12.5. The summed E-state index contributed by atoms with van der Waals surface area (Å²) in [5.74, 6) is 6.27. The van der Waals surface area contributed by atoms with Gasteiger partial charge in [0.1, 0.15) is 37.1 Å². The fourth-order valence-corrected chi connectivity index (χ4v) is 15.5. The van der Waals surface area contributed by atoms with E-state index in [1.165, 1.54) is 48.7 Å². The number of rotatable bonds is 6. The summed E-state index contributed by atoms with van der Waals surface area (Å²) in [6, 6.07) is 81.3. The van der Waals surface area contributed by atoms with Gasteiger partial charge >= 0.3 is 44.8 Å². The topological polar surface area (TPSA) is 0 Å². The minimum absolute atomic E-state index is 0. The van der Waals surface area contributed by atoms with Gasteiger partial charge in [0.05, 0.1) is 0 Å². The van der Waals surface area contributed by atoms with Crippen LogP contribution in [0.1, 0.15) is 11.1 Å². The van der Waals surface area contributed by atoms with Crippen LogP contribution in [0, 0.1) is 24.7 Å². The van der Waals surface area contributed by atoms with E-state index in [0.717, 1.165) is 32.7 Å². The van der Waals surface area contributed by atoms with Crippen LogP contribution in [0.25, 0.3) is 43.1 Å². The summed E-state index contributed by atoms with van der Waals surface area (Å²) in [6.07, 6.45) is 14.7. The molecule has 0 unspecified atom stereocenters. The Bertz CT molecular complexity index is 2760. The zero-order valence-corrected chi connectivity index (χ0v) is 38.2. The first kappa shape index (κ1) is 45.2. The molecule has 0 amide bonds. The van der Waals surface area contributed by atoms with Gasteiger partial charge in [-0.1, -0.05) is 181 Å². The zero-order valence-electron chi connectivity index (χ0n) is 33.2. The molecule has 0 fully saturated rings. The molecule has 0 atom stereocenters. The molecule has 10 rings (SSSR count). The number of hydrogen-bond donors (Lipinski definition) is 0. The molecule has 0 nitrogen and oxygen atoms in total. The van der Waals surface area contributed by atoms with Crippen LogP contribution in [0.2, 0.25) is 0 Å². The Kier molecular flexibility index (Phi) is 16.7. The molecule has 4 heteroatoms. The smallest absolute Gasteiger partial charge is 0.366 e. The van der Waals surface area contributed by atoms with Crippen molar-refractivity contribution in [1.82, 2.24) is 0 Å². The summed E-state index contributed by atoms with van der Waals surface area (Å²) in [6.45, 7) is 0. The SMILES string of the molecule is [Ag+].[Ag+].[C-]#Cc1cc2ccccc2c2ccccc12.[C-]#Cc1cc2ccccc2c2ccccc12.c1ccc([PH+](C[PH+](c2ccccc2)c2ccccc2)c2ccccc2)cc1. The Labute approximate surface area is 394 Å². The minimum Gasteiger partial charge on any atom is -0.366 e. The molecule has 10 aromatic carbocycles. The van der Waals surface area contributed by atoms with E-state index in [2.05, 4.69) is 170 Å². The molecule has 0 spiro atoms. The first-order valence-electron chi connectivity index (χ1n) is 19.8. The fourth-order valence-electron chi connectivity index (χ4n) is 7.79. The average molecular weight is 1000 g/mol. The Hall–Kier alpha value is -5.30. The summed E-state index contributed by atoms with van der Waals surface area (Å²) < 4.78 is 0. The van der Waals surface area contributed by atoms with Crippen molar-refractivity contribution in [3.8, 4) is 11.8 Å². The number of fused-ring (bicyclic) bond motifs is 6. The van der Waals surface area contributed by atoms with E-state index < -0.39 is 15.8 Å². The fraction of sp³-hybridized carbons (Fsp3) is 0.0175. The second-order valence-corrected chi connectivity index (χ2v) is 19.9. The van der Waals surface area contributed by atoms with Crippen LogP contribution < -0.4 is 21.2 Å². The summed E-state index contributed by atoms with van der Waals surface area (Å²) in [5.41, 5.74) is 1.71. The Balaban J connectivity index is 0.000000159. The summed E-state index contributed by atoms with van der Waals surface area (Å²) >= 11 is 0. The van der Waals surface area contributed by atoms with E-state index in [1.807, 2.05) is 72.8 Å². The van der Waals surface area contributed by atoms with Crippen molar-refractivity contribution in [2.24, 2.45) is 0 Å². The van der Waals surface area contributed by atoms with Gasteiger partial charge in [0.25, 0.3) is 0 Å². The van der Waals surface area contributed by atoms with E-state index in [1.54, 1.807) is 0 Å². The third kappa shape index (κ3) is 10.8. The summed E-state index contributed by atoms with van der Waals surface area (Å²) in [7, 11) is -1.69. The Morgan fingerprint density at radius 2 is 0.541 bits per heavy atom. The minimum atomic E-state index is -0.847. The van der Waals surface area contributed by atoms with Crippen LogP contribution in [0.5, 0.6) is 0 Å². The van der Waals surface area contributed by atoms with Gasteiger partial charge in [-0.05, 0) is 80.8 Å². The molecule has 0 aliphatic carbocycles. The number of hydrogen-bond acceptors (Lipinski definition) is 0. The maximum atomic E-state index is 7.35. The van der Waals surface area contributed by atoms with Crippen molar-refractivity contribution in [2.45, 2.75) is 0 Å². The van der Waals surface area contributed by atoms with Crippen LogP contribution in [0.4, 0.5) is 0 Å². The predicted molar refractivity (Wildman–Crippen MR) is 261 cm³/mol. The van der Waals surface area contributed by atoms with Crippen LogP contribution in [-0.2, 0) is 44.8 Å². The van der Waals surface area contributed by atoms with Crippen LogP contribution >= 0.6 is 15.8 Å². The molecule has 10 aromatic rings. The second-order valence-electron chi connectivity index (χ2n) is 14.2. The molecule has 0 saturated carbocycles. The van der Waals surface area contributed by atoms with Gasteiger partial charge in [-0.25, -0.2) is 0 Å². The molecule has 0 bridgehead atoms. The second kappa shape index (κ2) is 22.5. The maximum Gasteiger partial charge on any atom is 1.00 e. The van der Waals surface area contributed by atoms with Gasteiger partial charge in [-0.3, -0.25) is 11.8 Å². The van der Waals surface area contributed by atoms with Gasteiger partial charge in [0.2, 0.25) is 0 Å². The molecule has 0 aliphatic rings. The molecular weight excluding hydrogens is 962 g/mol. The van der Waals surface area contributed by atoms with Crippen molar-refractivity contribution in [1.29, 1.82) is 0 Å². The average Bonchev–Trinajstić information content (AvgIpc) is 3.33. The molecule has 300 valence electrons. The Morgan fingerprint density at radius 3 is 0.836 bits per heavy atom. The van der Waals surface area contributed by atoms with Crippen LogP contribution in [0.3, 0.4) is 0 Å². The molecule has 0 saturated heterocycles. The van der Waals surface area contributed by atoms with Gasteiger partial charge < -0.3 is 12.8 Å². The quantitative estimate of drug-likeness (QED) is 0.0512. The number of benzene rings is 10. The van der Waals surface area contributed by atoms with Gasteiger partial charge in [0.15, 0.2) is 5.90 Å². The third-order valence-corrected chi connectivity index (χ3v) is 17.6. The normalized spacial score (nSPS) is 10.4. The van der Waals surface area contributed by atoms with E-state index in [-0.39, 0.29) is 44.8 Å². The molecular formula is C57H42Ag2P2+2. The van der Waals surface area contributed by atoms with Crippen molar-refractivity contribution in [3.05, 3.63) is 254 Å². The van der Waals surface area contributed by atoms with Crippen molar-refractivity contribution in [2.75, 3.05) is 5.90 Å². The van der Waals surface area contributed by atoms with Gasteiger partial charge in [-0.2, -0.15) is 0 Å². The molecule has 0 aliphatic heterocycles. The standard InChI is InChI=1S/C25H22P2.2C16H9.2Ag/c1-5-13-22(14-6-1)26(23-15-7-2-8-16-23)21-27(24-17-9-3-10-18-24)25-19-11-4-12-20-25;2*1-2-12-11-13-7-3-4-9-15(13)16-10-6-5-8-14(12)16;;/h1-20H,21H2;2*3-11H;;/q;2*-1;2*+1/p+2. The van der Waals surface area contributed by atoms with Crippen molar-refractivity contribution >= 4 is 80.2 Å². The third-order valence-electron chi connectivity index (χ3n) is 10.6. The van der Waals surface area contributed by atoms with Crippen LogP contribution in [0.15, 0.2) is 231 Å². The largest absolute Gasteiger partial charge is 1.00 e. The monoisotopic (exact) mass is 1000 g/mol. The molecule has 0 N–H and O–H groups in total. The zero-order chi connectivity index (χ0) is 40.2. The van der Waals surface area contributed by atoms with Gasteiger partial charge in [-0.15, -0.1) is 23.3 Å². The van der Waals surface area contributed by atoms with E-state index in [9.17, 15) is 0 Å². The Morgan fingerprint density at radius 1 is 0.295 bits per heavy atom. The van der Waals surface area contributed by atoms with E-state index in [0.29, 0.717) is 0 Å². The van der Waals surface area contributed by atoms with Crippen molar-refractivity contribution in [3.63, 3.8) is 0 Å². The molecule has 0 aromatic heterocycles. The molecule has 0 heterocycles. The molecule has 61 heavy (non-hydrogen) atoms. The maximum absolute atomic E-state index is 7.35. The summed E-state index contributed by atoms with van der Waals surface area (Å²) in [5, 5.41) is 15.4. The van der Waals surface area contributed by atoms with E-state index >= 15 is 0 Å². The van der Waals surface area contributed by atoms with Crippen LogP contribution in [-0.4, -0.2) is 5.90 Å².